The number of hydrogen-bond acceptors (Lipinski definition) is 7. The smallest absolute Gasteiger partial charge is 0.434 e. The van der Waals surface area contributed by atoms with E-state index in [1.165, 1.54) is 29.7 Å². The van der Waals surface area contributed by atoms with Crippen molar-refractivity contribution in [3.05, 3.63) is 89.3 Å². The summed E-state index contributed by atoms with van der Waals surface area (Å²) in [5.41, 5.74) is 1.20. The highest BCUT2D eigenvalue weighted by Gasteiger charge is 2.35. The maximum absolute atomic E-state index is 15.0. The van der Waals surface area contributed by atoms with Crippen LogP contribution in [0.5, 0.6) is 0 Å². The van der Waals surface area contributed by atoms with Gasteiger partial charge in [-0.3, -0.25) is 4.98 Å². The summed E-state index contributed by atoms with van der Waals surface area (Å²) < 4.78 is 87.7. The molecule has 0 unspecified atom stereocenters. The van der Waals surface area contributed by atoms with E-state index in [1.54, 1.807) is 31.3 Å². The highest BCUT2D eigenvalue weighted by atomic mass is 32.2. The highest BCUT2D eigenvalue weighted by Crippen LogP contribution is 2.40. The molecule has 218 valence electrons. The number of aliphatic hydroxyl groups is 1. The van der Waals surface area contributed by atoms with Gasteiger partial charge in [0.1, 0.15) is 17.3 Å². The molecule has 0 aliphatic heterocycles. The van der Waals surface area contributed by atoms with Gasteiger partial charge < -0.3 is 14.1 Å². The molecule has 0 bridgehead atoms. The zero-order valence-corrected chi connectivity index (χ0v) is 23.6. The van der Waals surface area contributed by atoms with Crippen LogP contribution < -0.4 is 0 Å². The van der Waals surface area contributed by atoms with Crippen LogP contribution in [0.4, 0.5) is 17.6 Å². The van der Waals surface area contributed by atoms with Crippen LogP contribution in [0.2, 0.25) is 0 Å². The second-order valence-corrected chi connectivity index (χ2v) is 11.7. The van der Waals surface area contributed by atoms with Crippen molar-refractivity contribution in [2.24, 2.45) is 0 Å². The molecule has 1 N–H and O–H groups in total. The number of rotatable bonds is 6. The van der Waals surface area contributed by atoms with Crippen LogP contribution >= 0.6 is 0 Å². The molecule has 0 saturated carbocycles. The zero-order valence-electron chi connectivity index (χ0n) is 22.8. The fourth-order valence-electron chi connectivity index (χ4n) is 4.64. The van der Waals surface area contributed by atoms with Crippen LogP contribution in [-0.4, -0.2) is 39.3 Å². The molecule has 2 aromatic carbocycles. The first-order chi connectivity index (χ1) is 19.7. The van der Waals surface area contributed by atoms with Crippen molar-refractivity contribution < 1.29 is 35.5 Å². The molecule has 8 nitrogen and oxygen atoms in total. The van der Waals surface area contributed by atoms with E-state index in [0.717, 1.165) is 24.2 Å². The second-order valence-electron chi connectivity index (χ2n) is 9.74. The number of aryl methyl sites for hydroxylation is 3. The Balaban J connectivity index is 1.80. The lowest BCUT2D eigenvalue weighted by Gasteiger charge is -2.15. The highest BCUT2D eigenvalue weighted by molar-refractivity contribution is 7.90. The van der Waals surface area contributed by atoms with E-state index < -0.39 is 34.1 Å². The van der Waals surface area contributed by atoms with Crippen molar-refractivity contribution in [2.45, 2.75) is 38.4 Å². The van der Waals surface area contributed by atoms with Gasteiger partial charge in [0.05, 0.1) is 17.2 Å². The molecule has 3 heterocycles. The summed E-state index contributed by atoms with van der Waals surface area (Å²) in [6.45, 7) is 4.02. The van der Waals surface area contributed by atoms with Crippen molar-refractivity contribution in [2.75, 3.05) is 6.26 Å². The number of benzene rings is 2. The number of oxazole rings is 1. The summed E-state index contributed by atoms with van der Waals surface area (Å²) in [7, 11) is -3.93. The first-order valence-electron chi connectivity index (χ1n) is 12.5. The number of imidazole rings is 1. The van der Waals surface area contributed by atoms with Crippen LogP contribution in [0, 0.1) is 26.6 Å². The number of pyridine rings is 1. The van der Waals surface area contributed by atoms with Crippen LogP contribution in [0.25, 0.3) is 39.4 Å². The van der Waals surface area contributed by atoms with E-state index in [1.807, 2.05) is 6.92 Å². The van der Waals surface area contributed by atoms with Crippen molar-refractivity contribution in [3.8, 4) is 39.4 Å². The molecule has 5 aromatic rings. The van der Waals surface area contributed by atoms with Crippen LogP contribution in [-0.2, 0) is 22.6 Å². The number of aliphatic hydroxyl groups excluding tert-OH is 1. The van der Waals surface area contributed by atoms with E-state index >= 15 is 4.39 Å². The standard InChI is InChI=1S/C29H24F4N4O4S/c1-15-5-6-19(12-34-15)28-27(36-17(3)41-28)21-9-18(20-10-23(30)22(14-38)25(11-20)42(4,39)40)7-8-24(21)37-13-26(29(31,32)33)35-16(37)2/h5-13,38H,14H2,1-4H3. The monoisotopic (exact) mass is 600 g/mol. The molecular formula is C29H24F4N4O4S. The third-order valence-corrected chi connectivity index (χ3v) is 7.80. The Morgan fingerprint density at radius 1 is 0.976 bits per heavy atom. The van der Waals surface area contributed by atoms with Crippen LogP contribution in [0.1, 0.15) is 28.7 Å². The minimum atomic E-state index is -4.69. The lowest BCUT2D eigenvalue weighted by Crippen LogP contribution is -2.06. The van der Waals surface area contributed by atoms with Crippen molar-refractivity contribution in [1.82, 2.24) is 19.5 Å². The Morgan fingerprint density at radius 3 is 2.29 bits per heavy atom. The predicted octanol–water partition coefficient (Wildman–Crippen LogP) is 6.24. The molecule has 0 atom stereocenters. The van der Waals surface area contributed by atoms with Gasteiger partial charge in [-0.1, -0.05) is 6.07 Å². The maximum Gasteiger partial charge on any atom is 0.434 e. The van der Waals surface area contributed by atoms with E-state index in [4.69, 9.17) is 4.42 Å². The molecule has 0 amide bonds. The third kappa shape index (κ3) is 5.44. The normalized spacial score (nSPS) is 12.2. The molecular weight excluding hydrogens is 576 g/mol. The molecule has 42 heavy (non-hydrogen) atoms. The number of hydrogen-bond donors (Lipinski definition) is 1. The van der Waals surface area contributed by atoms with E-state index in [2.05, 4.69) is 15.0 Å². The van der Waals surface area contributed by atoms with Gasteiger partial charge in [0.2, 0.25) is 0 Å². The average Bonchev–Trinajstić information content (AvgIpc) is 3.50. The Labute approximate surface area is 238 Å². The average molecular weight is 601 g/mol. The number of halogens is 4. The molecule has 3 aromatic heterocycles. The van der Waals surface area contributed by atoms with Crippen molar-refractivity contribution in [3.63, 3.8) is 0 Å². The van der Waals surface area contributed by atoms with E-state index in [9.17, 15) is 26.7 Å². The minimum Gasteiger partial charge on any atom is -0.440 e. The quantitative estimate of drug-likeness (QED) is 0.230. The Kier molecular flexibility index (Phi) is 7.27. The summed E-state index contributed by atoms with van der Waals surface area (Å²) in [5, 5.41) is 9.61. The molecule has 5 rings (SSSR count). The molecule has 0 saturated heterocycles. The number of nitrogens with zero attached hydrogens (tertiary/aromatic N) is 4. The predicted molar refractivity (Wildman–Crippen MR) is 146 cm³/mol. The number of aromatic nitrogens is 4. The van der Waals surface area contributed by atoms with Gasteiger partial charge in [0, 0.05) is 48.0 Å². The third-order valence-electron chi connectivity index (χ3n) is 6.64. The largest absolute Gasteiger partial charge is 0.440 e. The van der Waals surface area contributed by atoms with Crippen LogP contribution in [0.15, 0.2) is 64.2 Å². The Morgan fingerprint density at radius 2 is 1.69 bits per heavy atom. The lowest BCUT2D eigenvalue weighted by molar-refractivity contribution is -0.141. The van der Waals surface area contributed by atoms with E-state index in [0.29, 0.717) is 22.5 Å². The Bertz CT molecular complexity index is 1930. The van der Waals surface area contributed by atoms with Crippen molar-refractivity contribution in [1.29, 1.82) is 0 Å². The molecule has 13 heteroatoms. The summed E-state index contributed by atoms with van der Waals surface area (Å²) in [6, 6.07) is 10.4. The Hall–Kier alpha value is -4.36. The first kappa shape index (κ1) is 29.1. The first-order valence-corrected chi connectivity index (χ1v) is 14.4. The summed E-state index contributed by atoms with van der Waals surface area (Å²) in [4.78, 5) is 12.1. The van der Waals surface area contributed by atoms with Crippen molar-refractivity contribution >= 4 is 9.84 Å². The van der Waals surface area contributed by atoms with Gasteiger partial charge in [-0.25, -0.2) is 22.8 Å². The minimum absolute atomic E-state index is 0.0489. The molecule has 0 fully saturated rings. The zero-order chi connectivity index (χ0) is 30.6. The van der Waals surface area contributed by atoms with Gasteiger partial charge >= 0.3 is 6.18 Å². The molecule has 0 aliphatic carbocycles. The molecule has 0 aliphatic rings. The summed E-state index contributed by atoms with van der Waals surface area (Å²) in [5.74, 6) is -0.309. The SMILES string of the molecule is Cc1ccc(-c2oc(C)nc2-c2cc(-c3cc(F)c(CO)c(S(C)(=O)=O)c3)ccc2-n2cc(C(F)(F)F)nc2C)cn1. The lowest BCUT2D eigenvalue weighted by atomic mass is 9.97. The van der Waals surface area contributed by atoms with Crippen LogP contribution in [0.3, 0.4) is 0 Å². The van der Waals surface area contributed by atoms with Gasteiger partial charge in [0.15, 0.2) is 27.2 Å². The fourth-order valence-corrected chi connectivity index (χ4v) is 5.59. The van der Waals surface area contributed by atoms with Gasteiger partial charge in [-0.2, -0.15) is 13.2 Å². The summed E-state index contributed by atoms with van der Waals surface area (Å²) in [6.07, 6.45) is -1.34. The van der Waals surface area contributed by atoms with Gasteiger partial charge in [-0.05, 0) is 61.4 Å². The molecule has 0 radical (unpaired) electrons. The number of alkyl halides is 3. The topological polar surface area (TPSA) is 111 Å². The maximum atomic E-state index is 15.0. The van der Waals surface area contributed by atoms with E-state index in [-0.39, 0.29) is 39.1 Å². The summed E-state index contributed by atoms with van der Waals surface area (Å²) >= 11 is 0. The molecule has 0 spiro atoms. The fraction of sp³-hybridized carbons (Fsp3) is 0.207. The van der Waals surface area contributed by atoms with Gasteiger partial charge in [-0.15, -0.1) is 0 Å². The second kappa shape index (κ2) is 10.5. The number of sulfone groups is 1. The van der Waals surface area contributed by atoms with Gasteiger partial charge in [0.25, 0.3) is 0 Å².